The normalized spacial score (nSPS) is 13.5. The van der Waals surface area contributed by atoms with Crippen molar-refractivity contribution in [3.8, 4) is 0 Å². The van der Waals surface area contributed by atoms with Crippen molar-refractivity contribution in [2.75, 3.05) is 0 Å². The predicted molar refractivity (Wildman–Crippen MR) is 51.5 cm³/mol. The van der Waals surface area contributed by atoms with Crippen LogP contribution in [0.3, 0.4) is 0 Å². The van der Waals surface area contributed by atoms with Crippen LogP contribution in [0.2, 0.25) is 0 Å². The van der Waals surface area contributed by atoms with Crippen molar-refractivity contribution in [1.82, 2.24) is 4.98 Å². The standard InChI is InChI=1S/C10H13FN2/c1-8(12)3-2-4-9-5-10(11)7-13-6-9/h2,4-8H,3,12H2,1H3/b4-2+/t8-/m0/s1. The molecule has 0 radical (unpaired) electrons. The van der Waals surface area contributed by atoms with E-state index in [4.69, 9.17) is 5.73 Å². The van der Waals surface area contributed by atoms with Crippen molar-refractivity contribution in [2.24, 2.45) is 5.73 Å². The lowest BCUT2D eigenvalue weighted by atomic mass is 10.2. The maximum atomic E-state index is 12.6. The molecule has 0 saturated carbocycles. The molecule has 0 saturated heterocycles. The molecule has 1 rings (SSSR count). The first kappa shape index (κ1) is 9.86. The van der Waals surface area contributed by atoms with E-state index >= 15 is 0 Å². The number of aromatic nitrogens is 1. The topological polar surface area (TPSA) is 38.9 Å². The molecule has 1 aromatic rings. The molecule has 2 N–H and O–H groups in total. The number of rotatable bonds is 3. The first-order valence-corrected chi connectivity index (χ1v) is 4.21. The molecular formula is C10H13FN2. The fraction of sp³-hybridized carbons (Fsp3) is 0.300. The third-order valence-corrected chi connectivity index (χ3v) is 1.54. The predicted octanol–water partition coefficient (Wildman–Crippen LogP) is 1.97. The van der Waals surface area contributed by atoms with Gasteiger partial charge in [0.05, 0.1) is 6.20 Å². The molecule has 13 heavy (non-hydrogen) atoms. The summed E-state index contributed by atoms with van der Waals surface area (Å²) in [4.78, 5) is 3.72. The maximum absolute atomic E-state index is 12.6. The minimum absolute atomic E-state index is 0.137. The Kier molecular flexibility index (Phi) is 3.58. The van der Waals surface area contributed by atoms with Gasteiger partial charge in [-0.15, -0.1) is 0 Å². The van der Waals surface area contributed by atoms with Crippen molar-refractivity contribution in [1.29, 1.82) is 0 Å². The number of nitrogens with two attached hydrogens (primary N) is 1. The zero-order valence-electron chi connectivity index (χ0n) is 7.57. The van der Waals surface area contributed by atoms with Crippen LogP contribution in [0.25, 0.3) is 6.08 Å². The Balaban J connectivity index is 2.58. The van der Waals surface area contributed by atoms with Crippen LogP contribution in [0.1, 0.15) is 18.9 Å². The van der Waals surface area contributed by atoms with Gasteiger partial charge in [-0.2, -0.15) is 0 Å². The van der Waals surface area contributed by atoms with E-state index in [2.05, 4.69) is 4.98 Å². The van der Waals surface area contributed by atoms with Crippen molar-refractivity contribution in [3.05, 3.63) is 35.9 Å². The van der Waals surface area contributed by atoms with Gasteiger partial charge in [0, 0.05) is 12.2 Å². The van der Waals surface area contributed by atoms with Gasteiger partial charge >= 0.3 is 0 Å². The zero-order chi connectivity index (χ0) is 9.68. The lowest BCUT2D eigenvalue weighted by Crippen LogP contribution is -2.12. The van der Waals surface area contributed by atoms with E-state index in [1.165, 1.54) is 12.3 Å². The highest BCUT2D eigenvalue weighted by Crippen LogP contribution is 2.03. The number of hydrogen-bond donors (Lipinski definition) is 1. The van der Waals surface area contributed by atoms with Crippen LogP contribution in [0.15, 0.2) is 24.5 Å². The lowest BCUT2D eigenvalue weighted by molar-refractivity contribution is 0.621. The van der Waals surface area contributed by atoms with Gasteiger partial charge in [0.1, 0.15) is 5.82 Å². The molecule has 70 valence electrons. The van der Waals surface area contributed by atoms with E-state index in [1.807, 2.05) is 19.1 Å². The molecular weight excluding hydrogens is 167 g/mol. The Hall–Kier alpha value is -1.22. The van der Waals surface area contributed by atoms with Gasteiger partial charge in [-0.1, -0.05) is 12.2 Å². The molecule has 0 unspecified atom stereocenters. The summed E-state index contributed by atoms with van der Waals surface area (Å²) in [5.74, 6) is -0.317. The summed E-state index contributed by atoms with van der Waals surface area (Å²) in [5.41, 5.74) is 6.31. The summed E-state index contributed by atoms with van der Waals surface area (Å²) in [6.45, 7) is 1.92. The number of pyridine rings is 1. The molecule has 0 bridgehead atoms. The summed E-state index contributed by atoms with van der Waals surface area (Å²) in [5, 5.41) is 0. The zero-order valence-corrected chi connectivity index (χ0v) is 7.57. The molecule has 0 aliphatic heterocycles. The van der Waals surface area contributed by atoms with Crippen LogP contribution in [0.4, 0.5) is 4.39 Å². The summed E-state index contributed by atoms with van der Waals surface area (Å²) < 4.78 is 12.6. The smallest absolute Gasteiger partial charge is 0.142 e. The van der Waals surface area contributed by atoms with Crippen molar-refractivity contribution in [3.63, 3.8) is 0 Å². The van der Waals surface area contributed by atoms with Gasteiger partial charge in [-0.25, -0.2) is 4.39 Å². The molecule has 0 amide bonds. The van der Waals surface area contributed by atoms with E-state index in [0.717, 1.165) is 12.0 Å². The van der Waals surface area contributed by atoms with Crippen LogP contribution < -0.4 is 5.73 Å². The van der Waals surface area contributed by atoms with Gasteiger partial charge < -0.3 is 5.73 Å². The van der Waals surface area contributed by atoms with Gasteiger partial charge in [0.2, 0.25) is 0 Å². The van der Waals surface area contributed by atoms with E-state index < -0.39 is 0 Å². The lowest BCUT2D eigenvalue weighted by Gasteiger charge is -1.97. The van der Waals surface area contributed by atoms with E-state index in [0.29, 0.717) is 0 Å². The monoisotopic (exact) mass is 180 g/mol. The molecule has 0 fully saturated rings. The highest BCUT2D eigenvalue weighted by atomic mass is 19.1. The van der Waals surface area contributed by atoms with Crippen molar-refractivity contribution >= 4 is 6.08 Å². The van der Waals surface area contributed by atoms with Crippen LogP contribution >= 0.6 is 0 Å². The second-order valence-corrected chi connectivity index (χ2v) is 3.05. The highest BCUT2D eigenvalue weighted by Gasteiger charge is 1.91. The van der Waals surface area contributed by atoms with Crippen molar-refractivity contribution in [2.45, 2.75) is 19.4 Å². The average Bonchev–Trinajstić information content (AvgIpc) is 2.03. The number of nitrogens with zero attached hydrogens (tertiary/aromatic N) is 1. The second kappa shape index (κ2) is 4.72. The molecule has 1 heterocycles. The Labute approximate surface area is 77.3 Å². The first-order valence-electron chi connectivity index (χ1n) is 4.21. The number of hydrogen-bond acceptors (Lipinski definition) is 2. The van der Waals surface area contributed by atoms with E-state index in [-0.39, 0.29) is 11.9 Å². The fourth-order valence-corrected chi connectivity index (χ4v) is 0.938. The van der Waals surface area contributed by atoms with E-state index in [1.54, 1.807) is 6.20 Å². The van der Waals surface area contributed by atoms with Crippen LogP contribution in [-0.2, 0) is 0 Å². The Morgan fingerprint density at radius 3 is 3.00 bits per heavy atom. The van der Waals surface area contributed by atoms with Crippen molar-refractivity contribution < 1.29 is 4.39 Å². The third kappa shape index (κ3) is 3.80. The van der Waals surface area contributed by atoms with Crippen LogP contribution in [0, 0.1) is 5.82 Å². The molecule has 3 heteroatoms. The summed E-state index contributed by atoms with van der Waals surface area (Å²) in [7, 11) is 0. The SMILES string of the molecule is C[C@H](N)C/C=C/c1cncc(F)c1. The minimum Gasteiger partial charge on any atom is -0.328 e. The maximum Gasteiger partial charge on any atom is 0.142 e. The molecule has 1 atom stereocenters. The molecule has 0 aromatic carbocycles. The quantitative estimate of drug-likeness (QED) is 0.772. The van der Waals surface area contributed by atoms with Gasteiger partial charge in [-0.05, 0) is 25.0 Å². The third-order valence-electron chi connectivity index (χ3n) is 1.54. The molecule has 1 aromatic heterocycles. The Morgan fingerprint density at radius 2 is 2.38 bits per heavy atom. The first-order chi connectivity index (χ1) is 6.18. The molecule has 0 aliphatic carbocycles. The molecule has 0 spiro atoms. The number of halogens is 1. The molecule has 2 nitrogen and oxygen atoms in total. The summed E-state index contributed by atoms with van der Waals surface area (Å²) >= 11 is 0. The Bertz CT molecular complexity index is 295. The summed E-state index contributed by atoms with van der Waals surface area (Å²) in [6.07, 6.45) is 7.32. The second-order valence-electron chi connectivity index (χ2n) is 3.05. The average molecular weight is 180 g/mol. The van der Waals surface area contributed by atoms with Gasteiger partial charge in [-0.3, -0.25) is 4.98 Å². The fourth-order valence-electron chi connectivity index (χ4n) is 0.938. The molecule has 0 aliphatic rings. The largest absolute Gasteiger partial charge is 0.328 e. The highest BCUT2D eigenvalue weighted by molar-refractivity contribution is 5.47. The van der Waals surface area contributed by atoms with Gasteiger partial charge in [0.15, 0.2) is 0 Å². The van der Waals surface area contributed by atoms with Crippen LogP contribution in [0.5, 0.6) is 0 Å². The van der Waals surface area contributed by atoms with Crippen LogP contribution in [-0.4, -0.2) is 11.0 Å². The summed E-state index contributed by atoms with van der Waals surface area (Å²) in [6, 6.07) is 1.57. The van der Waals surface area contributed by atoms with Gasteiger partial charge in [0.25, 0.3) is 0 Å². The van der Waals surface area contributed by atoms with E-state index in [9.17, 15) is 4.39 Å². The Morgan fingerprint density at radius 1 is 1.62 bits per heavy atom. The minimum atomic E-state index is -0.317.